The molecule has 3 aromatic rings. The van der Waals surface area contributed by atoms with Crippen molar-refractivity contribution >= 4 is 5.97 Å². The van der Waals surface area contributed by atoms with Crippen LogP contribution in [0, 0.1) is 11.6 Å². The van der Waals surface area contributed by atoms with Crippen molar-refractivity contribution in [1.29, 1.82) is 0 Å². The number of halogens is 2. The third-order valence-electron chi connectivity index (χ3n) is 3.92. The van der Waals surface area contributed by atoms with Crippen molar-refractivity contribution in [1.82, 2.24) is 0 Å². The van der Waals surface area contributed by atoms with Crippen molar-refractivity contribution in [2.45, 2.75) is 13.3 Å². The molecular weight excluding hydrogens is 322 g/mol. The van der Waals surface area contributed by atoms with E-state index < -0.39 is 17.6 Å². The van der Waals surface area contributed by atoms with Crippen LogP contribution in [0.5, 0.6) is 5.75 Å². The molecule has 0 radical (unpaired) electrons. The Morgan fingerprint density at radius 3 is 2.00 bits per heavy atom. The molecule has 0 saturated heterocycles. The molecule has 0 aliphatic heterocycles. The van der Waals surface area contributed by atoms with Crippen LogP contribution in [-0.2, 0) is 6.42 Å². The van der Waals surface area contributed by atoms with E-state index in [1.807, 2.05) is 24.3 Å². The molecule has 0 atom stereocenters. The number of hydrogen-bond acceptors (Lipinski definition) is 2. The molecule has 0 heterocycles. The van der Waals surface area contributed by atoms with E-state index in [-0.39, 0.29) is 5.75 Å². The van der Waals surface area contributed by atoms with Gasteiger partial charge in [0.05, 0.1) is 5.56 Å². The van der Waals surface area contributed by atoms with Gasteiger partial charge >= 0.3 is 5.97 Å². The first-order valence-electron chi connectivity index (χ1n) is 7.93. The van der Waals surface area contributed by atoms with Gasteiger partial charge in [0, 0.05) is 6.07 Å². The van der Waals surface area contributed by atoms with Crippen LogP contribution in [0.3, 0.4) is 0 Å². The Hall–Kier alpha value is -3.01. The fourth-order valence-electron chi connectivity index (χ4n) is 2.44. The molecule has 0 bridgehead atoms. The standard InChI is InChI=1S/C21H16F2O2/c1-2-14-3-5-15(6-4-14)16-7-9-17(10-8-16)21(24)25-18-11-12-19(22)20(23)13-18/h3-13H,2H2,1H3. The molecule has 0 fully saturated rings. The van der Waals surface area contributed by atoms with Gasteiger partial charge in [-0.1, -0.05) is 43.3 Å². The fraction of sp³-hybridized carbons (Fsp3) is 0.0952. The summed E-state index contributed by atoms with van der Waals surface area (Å²) in [5, 5.41) is 0. The van der Waals surface area contributed by atoms with Crippen molar-refractivity contribution in [2.24, 2.45) is 0 Å². The molecule has 0 aliphatic carbocycles. The topological polar surface area (TPSA) is 26.3 Å². The van der Waals surface area contributed by atoms with Gasteiger partial charge in [-0.25, -0.2) is 13.6 Å². The number of ether oxygens (including phenoxy) is 1. The molecule has 0 aromatic heterocycles. The van der Waals surface area contributed by atoms with E-state index in [0.29, 0.717) is 5.56 Å². The number of carbonyl (C=O) groups excluding carboxylic acids is 1. The first kappa shape index (κ1) is 16.8. The minimum Gasteiger partial charge on any atom is -0.423 e. The van der Waals surface area contributed by atoms with Crippen molar-refractivity contribution in [3.8, 4) is 16.9 Å². The summed E-state index contributed by atoms with van der Waals surface area (Å²) >= 11 is 0. The van der Waals surface area contributed by atoms with Crippen LogP contribution in [0.4, 0.5) is 8.78 Å². The highest BCUT2D eigenvalue weighted by atomic mass is 19.2. The molecule has 0 saturated carbocycles. The summed E-state index contributed by atoms with van der Waals surface area (Å²) in [4.78, 5) is 12.1. The number of esters is 1. The second kappa shape index (κ2) is 7.26. The Bertz CT molecular complexity index is 885. The minimum absolute atomic E-state index is 0.0388. The second-order valence-electron chi connectivity index (χ2n) is 5.59. The zero-order chi connectivity index (χ0) is 17.8. The summed E-state index contributed by atoms with van der Waals surface area (Å²) in [6.07, 6.45) is 0.981. The number of rotatable bonds is 4. The van der Waals surface area contributed by atoms with E-state index in [4.69, 9.17) is 4.74 Å². The van der Waals surface area contributed by atoms with Crippen molar-refractivity contribution in [2.75, 3.05) is 0 Å². The molecule has 4 heteroatoms. The number of benzene rings is 3. The SMILES string of the molecule is CCc1ccc(-c2ccc(C(=O)Oc3ccc(F)c(F)c3)cc2)cc1. The maximum atomic E-state index is 13.2. The summed E-state index contributed by atoms with van der Waals surface area (Å²) in [6, 6.07) is 18.1. The summed E-state index contributed by atoms with van der Waals surface area (Å²) in [7, 11) is 0. The van der Waals surface area contributed by atoms with Gasteiger partial charge in [0.25, 0.3) is 0 Å². The smallest absolute Gasteiger partial charge is 0.343 e. The van der Waals surface area contributed by atoms with E-state index in [1.165, 1.54) is 11.6 Å². The molecular formula is C21H16F2O2. The highest BCUT2D eigenvalue weighted by Crippen LogP contribution is 2.22. The van der Waals surface area contributed by atoms with E-state index in [2.05, 4.69) is 19.1 Å². The van der Waals surface area contributed by atoms with Gasteiger partial charge < -0.3 is 4.74 Å². The van der Waals surface area contributed by atoms with Gasteiger partial charge in [0.1, 0.15) is 5.75 Å². The Balaban J connectivity index is 1.74. The lowest BCUT2D eigenvalue weighted by molar-refractivity contribution is 0.0734. The normalized spacial score (nSPS) is 10.5. The lowest BCUT2D eigenvalue weighted by Crippen LogP contribution is -2.08. The monoisotopic (exact) mass is 338 g/mol. The van der Waals surface area contributed by atoms with Gasteiger partial charge in [-0.05, 0) is 47.4 Å². The van der Waals surface area contributed by atoms with Gasteiger partial charge in [0.15, 0.2) is 11.6 Å². The Morgan fingerprint density at radius 1 is 0.840 bits per heavy atom. The van der Waals surface area contributed by atoms with Crippen LogP contribution in [-0.4, -0.2) is 5.97 Å². The molecule has 0 spiro atoms. The number of aryl methyl sites for hydroxylation is 1. The van der Waals surface area contributed by atoms with Gasteiger partial charge in [-0.3, -0.25) is 0 Å². The summed E-state index contributed by atoms with van der Waals surface area (Å²) in [6.45, 7) is 2.10. The minimum atomic E-state index is -1.06. The number of carbonyl (C=O) groups is 1. The molecule has 126 valence electrons. The van der Waals surface area contributed by atoms with E-state index in [1.54, 1.807) is 12.1 Å². The van der Waals surface area contributed by atoms with Crippen LogP contribution in [0.25, 0.3) is 11.1 Å². The third kappa shape index (κ3) is 3.91. The molecule has 3 aromatic carbocycles. The van der Waals surface area contributed by atoms with Gasteiger partial charge in [-0.2, -0.15) is 0 Å². The van der Waals surface area contributed by atoms with Crippen molar-refractivity contribution in [3.63, 3.8) is 0 Å². The van der Waals surface area contributed by atoms with Crippen LogP contribution in [0.15, 0.2) is 66.7 Å². The van der Waals surface area contributed by atoms with Crippen LogP contribution in [0.1, 0.15) is 22.8 Å². The molecule has 0 aliphatic rings. The zero-order valence-electron chi connectivity index (χ0n) is 13.6. The van der Waals surface area contributed by atoms with E-state index >= 15 is 0 Å². The Labute approximate surface area is 144 Å². The maximum Gasteiger partial charge on any atom is 0.343 e. The lowest BCUT2D eigenvalue weighted by Gasteiger charge is -2.07. The van der Waals surface area contributed by atoms with Crippen LogP contribution in [0.2, 0.25) is 0 Å². The summed E-state index contributed by atoms with van der Waals surface area (Å²) < 4.78 is 31.1. The average Bonchev–Trinajstić information content (AvgIpc) is 2.65. The lowest BCUT2D eigenvalue weighted by atomic mass is 10.0. The Morgan fingerprint density at radius 2 is 1.44 bits per heavy atom. The highest BCUT2D eigenvalue weighted by molar-refractivity contribution is 5.91. The molecule has 0 N–H and O–H groups in total. The van der Waals surface area contributed by atoms with Crippen LogP contribution < -0.4 is 4.74 Å². The van der Waals surface area contributed by atoms with Gasteiger partial charge in [-0.15, -0.1) is 0 Å². The maximum absolute atomic E-state index is 13.2. The van der Waals surface area contributed by atoms with Gasteiger partial charge in [0.2, 0.25) is 0 Å². The fourth-order valence-corrected chi connectivity index (χ4v) is 2.44. The van der Waals surface area contributed by atoms with Crippen LogP contribution >= 0.6 is 0 Å². The summed E-state index contributed by atoms with van der Waals surface area (Å²) in [5.74, 6) is -2.71. The highest BCUT2D eigenvalue weighted by Gasteiger charge is 2.11. The predicted molar refractivity (Wildman–Crippen MR) is 92.6 cm³/mol. The molecule has 0 amide bonds. The van der Waals surface area contributed by atoms with Crippen molar-refractivity contribution in [3.05, 3.63) is 89.5 Å². The van der Waals surface area contributed by atoms with Crippen molar-refractivity contribution < 1.29 is 18.3 Å². The average molecular weight is 338 g/mol. The quantitative estimate of drug-likeness (QED) is 0.469. The first-order valence-corrected chi connectivity index (χ1v) is 7.93. The second-order valence-corrected chi connectivity index (χ2v) is 5.59. The summed E-state index contributed by atoms with van der Waals surface area (Å²) in [5.41, 5.74) is 3.62. The first-order chi connectivity index (χ1) is 12.1. The van der Waals surface area contributed by atoms with E-state index in [0.717, 1.165) is 29.7 Å². The molecule has 0 unspecified atom stereocenters. The predicted octanol–water partition coefficient (Wildman–Crippen LogP) is 5.41. The molecule has 25 heavy (non-hydrogen) atoms. The Kier molecular flexibility index (Phi) is 4.89. The molecule has 3 rings (SSSR count). The zero-order valence-corrected chi connectivity index (χ0v) is 13.6. The number of hydrogen-bond donors (Lipinski definition) is 0. The van der Waals surface area contributed by atoms with E-state index in [9.17, 15) is 13.6 Å². The largest absolute Gasteiger partial charge is 0.423 e. The molecule has 2 nitrogen and oxygen atoms in total. The third-order valence-corrected chi connectivity index (χ3v) is 3.92.